The maximum absolute atomic E-state index is 12.8. The molecular formula is C19H25BrN2O5. The molecule has 0 saturated heterocycles. The third-order valence-electron chi connectivity index (χ3n) is 4.68. The van der Waals surface area contributed by atoms with Gasteiger partial charge in [-0.25, -0.2) is 9.59 Å². The van der Waals surface area contributed by atoms with Gasteiger partial charge in [0, 0.05) is 13.2 Å². The quantitative estimate of drug-likeness (QED) is 0.696. The first-order chi connectivity index (χ1) is 12.5. The van der Waals surface area contributed by atoms with Crippen molar-refractivity contribution < 1.29 is 24.2 Å². The summed E-state index contributed by atoms with van der Waals surface area (Å²) in [6, 6.07) is 2.19. The number of esters is 1. The first-order valence-electron chi connectivity index (χ1n) is 8.48. The highest BCUT2D eigenvalue weighted by atomic mass is 79.9. The molecule has 1 aromatic carbocycles. The number of rotatable bonds is 4. The highest BCUT2D eigenvalue weighted by Crippen LogP contribution is 2.40. The van der Waals surface area contributed by atoms with E-state index in [1.807, 2.05) is 27.7 Å². The van der Waals surface area contributed by atoms with Crippen LogP contribution in [-0.2, 0) is 9.53 Å². The van der Waals surface area contributed by atoms with Crippen LogP contribution in [0.1, 0.15) is 39.3 Å². The van der Waals surface area contributed by atoms with Gasteiger partial charge in [-0.15, -0.1) is 0 Å². The van der Waals surface area contributed by atoms with Crippen LogP contribution >= 0.6 is 15.9 Å². The topological polar surface area (TPSA) is 88.1 Å². The minimum absolute atomic E-state index is 0.0568. The highest BCUT2D eigenvalue weighted by Gasteiger charge is 2.36. The highest BCUT2D eigenvalue weighted by molar-refractivity contribution is 9.10. The predicted molar refractivity (Wildman–Crippen MR) is 104 cm³/mol. The summed E-state index contributed by atoms with van der Waals surface area (Å²) in [5.41, 5.74) is 0.661. The lowest BCUT2D eigenvalue weighted by atomic mass is 9.90. The van der Waals surface area contributed by atoms with Crippen molar-refractivity contribution in [3.8, 4) is 11.5 Å². The van der Waals surface area contributed by atoms with Gasteiger partial charge in [0.05, 0.1) is 23.2 Å². The number of halogens is 1. The van der Waals surface area contributed by atoms with Crippen molar-refractivity contribution in [2.24, 2.45) is 5.41 Å². The van der Waals surface area contributed by atoms with Crippen molar-refractivity contribution in [2.75, 3.05) is 14.2 Å². The molecule has 2 rings (SSSR count). The number of methoxy groups -OCH3 is 1. The van der Waals surface area contributed by atoms with Gasteiger partial charge in [0.2, 0.25) is 0 Å². The van der Waals surface area contributed by atoms with Crippen molar-refractivity contribution >= 4 is 27.9 Å². The average Bonchev–Trinajstić information content (AvgIpc) is 2.58. The fourth-order valence-electron chi connectivity index (χ4n) is 2.53. The Morgan fingerprint density at radius 2 is 2.00 bits per heavy atom. The second kappa shape index (κ2) is 7.80. The summed E-state index contributed by atoms with van der Waals surface area (Å²) in [4.78, 5) is 26.4. The van der Waals surface area contributed by atoms with Gasteiger partial charge in [0.1, 0.15) is 6.10 Å². The maximum Gasteiger partial charge on any atom is 0.338 e. The van der Waals surface area contributed by atoms with Crippen molar-refractivity contribution in [3.05, 3.63) is 33.9 Å². The van der Waals surface area contributed by atoms with Crippen LogP contribution in [0.15, 0.2) is 28.4 Å². The fourth-order valence-corrected chi connectivity index (χ4v) is 2.99. The van der Waals surface area contributed by atoms with E-state index in [1.54, 1.807) is 19.2 Å². The van der Waals surface area contributed by atoms with Crippen LogP contribution in [-0.4, -0.2) is 42.3 Å². The maximum atomic E-state index is 12.8. The molecular weight excluding hydrogens is 416 g/mol. The number of nitrogens with zero attached hydrogens (tertiary/aromatic N) is 1. The van der Waals surface area contributed by atoms with Crippen LogP contribution < -0.4 is 10.1 Å². The zero-order chi connectivity index (χ0) is 20.5. The summed E-state index contributed by atoms with van der Waals surface area (Å²) >= 11 is 3.28. The molecule has 0 aliphatic carbocycles. The molecule has 0 aromatic heterocycles. The van der Waals surface area contributed by atoms with Crippen LogP contribution in [0.3, 0.4) is 0 Å². The van der Waals surface area contributed by atoms with E-state index in [0.717, 1.165) is 0 Å². The van der Waals surface area contributed by atoms with Crippen LogP contribution in [0.4, 0.5) is 4.79 Å². The molecule has 27 heavy (non-hydrogen) atoms. The van der Waals surface area contributed by atoms with E-state index in [2.05, 4.69) is 21.2 Å². The number of carbonyl (C=O) groups excluding carboxylic acids is 2. The van der Waals surface area contributed by atoms with E-state index in [0.29, 0.717) is 10.0 Å². The molecule has 0 fully saturated rings. The number of phenolic OH excluding ortho intramolecular Hbond substituents is 1. The number of nitrogens with one attached hydrogen (secondary N) is 1. The normalized spacial score (nSPS) is 18.5. The number of likely N-dealkylation sites (N-methyl/N-ethyl adjacent to an activating group) is 1. The second-order valence-corrected chi connectivity index (χ2v) is 8.38. The summed E-state index contributed by atoms with van der Waals surface area (Å²) in [6.07, 6.45) is 1.05. The molecule has 7 nitrogen and oxygen atoms in total. The zero-order valence-corrected chi connectivity index (χ0v) is 17.9. The average molecular weight is 441 g/mol. The minimum atomic E-state index is -0.691. The van der Waals surface area contributed by atoms with Crippen molar-refractivity contribution in [1.29, 1.82) is 0 Å². The number of phenols is 1. The van der Waals surface area contributed by atoms with Crippen molar-refractivity contribution in [1.82, 2.24) is 10.2 Å². The smallest absolute Gasteiger partial charge is 0.338 e. The van der Waals surface area contributed by atoms with Crippen LogP contribution in [0.5, 0.6) is 11.5 Å². The Morgan fingerprint density at radius 3 is 2.56 bits per heavy atom. The summed E-state index contributed by atoms with van der Waals surface area (Å²) in [6.45, 7) is 7.77. The fraction of sp³-hybridized carbons (Fsp3) is 0.474. The van der Waals surface area contributed by atoms with Crippen LogP contribution in [0, 0.1) is 5.41 Å². The molecule has 1 heterocycles. The molecule has 2 atom stereocenters. The van der Waals surface area contributed by atoms with Gasteiger partial charge < -0.3 is 24.8 Å². The molecule has 2 unspecified atom stereocenters. The largest absolute Gasteiger partial charge is 0.503 e. The molecule has 0 saturated carbocycles. The van der Waals surface area contributed by atoms with Crippen molar-refractivity contribution in [2.45, 2.75) is 39.8 Å². The van der Waals surface area contributed by atoms with E-state index in [9.17, 15) is 14.7 Å². The lowest BCUT2D eigenvalue weighted by Crippen LogP contribution is -2.44. The van der Waals surface area contributed by atoms with Gasteiger partial charge in [0.15, 0.2) is 11.5 Å². The molecule has 1 aliphatic heterocycles. The summed E-state index contributed by atoms with van der Waals surface area (Å²) in [7, 11) is 3.01. The number of urea groups is 1. The van der Waals surface area contributed by atoms with Crippen molar-refractivity contribution in [3.63, 3.8) is 0 Å². The third-order valence-corrected chi connectivity index (χ3v) is 5.28. The molecule has 0 bridgehead atoms. The lowest BCUT2D eigenvalue weighted by molar-refractivity contribution is -0.149. The number of benzene rings is 1. The Labute approximate surface area is 167 Å². The lowest BCUT2D eigenvalue weighted by Gasteiger charge is -2.35. The number of carbonyl (C=O) groups is 2. The zero-order valence-electron chi connectivity index (χ0n) is 16.3. The Balaban J connectivity index is 2.46. The number of ether oxygens (including phenoxy) is 2. The summed E-state index contributed by atoms with van der Waals surface area (Å²) in [5.74, 6) is -0.342. The molecule has 0 spiro atoms. The predicted octanol–water partition coefficient (Wildman–Crippen LogP) is 3.72. The monoisotopic (exact) mass is 440 g/mol. The first-order valence-corrected chi connectivity index (χ1v) is 9.27. The molecule has 2 N–H and O–H groups in total. The third kappa shape index (κ3) is 4.37. The van der Waals surface area contributed by atoms with E-state index in [-0.39, 0.29) is 34.6 Å². The first kappa shape index (κ1) is 21.1. The SMILES string of the molecule is COc1cc(C2C(C(=O)OC(C)C(C)(C)C)=CNC(=O)N2C)cc(Br)c1O. The van der Waals surface area contributed by atoms with E-state index in [4.69, 9.17) is 9.47 Å². The standard InChI is InChI=1S/C19H25BrN2O5/c1-10(19(2,3)4)27-17(24)12-9-21-18(25)22(5)15(12)11-7-13(20)16(23)14(8-11)26-6/h7-10,15,23H,1-6H3,(H,21,25). The van der Waals surface area contributed by atoms with Gasteiger partial charge in [-0.05, 0) is 46.0 Å². The van der Waals surface area contributed by atoms with Gasteiger partial charge in [-0.1, -0.05) is 20.8 Å². The molecule has 8 heteroatoms. The van der Waals surface area contributed by atoms with E-state index >= 15 is 0 Å². The van der Waals surface area contributed by atoms with Gasteiger partial charge in [-0.2, -0.15) is 0 Å². The van der Waals surface area contributed by atoms with E-state index < -0.39 is 12.0 Å². The Bertz CT molecular complexity index is 785. The Morgan fingerprint density at radius 1 is 1.37 bits per heavy atom. The second-order valence-electron chi connectivity index (χ2n) is 7.53. The summed E-state index contributed by atoms with van der Waals surface area (Å²) < 4.78 is 11.2. The van der Waals surface area contributed by atoms with Crippen LogP contribution in [0.25, 0.3) is 0 Å². The number of amides is 2. The number of hydrogen-bond donors (Lipinski definition) is 2. The Kier molecular flexibility index (Phi) is 6.09. The molecule has 148 valence electrons. The molecule has 1 aromatic rings. The summed E-state index contributed by atoms with van der Waals surface area (Å²) in [5, 5.41) is 12.6. The van der Waals surface area contributed by atoms with Gasteiger partial charge in [0.25, 0.3) is 0 Å². The van der Waals surface area contributed by atoms with E-state index in [1.165, 1.54) is 18.2 Å². The molecule has 1 aliphatic rings. The number of aromatic hydroxyl groups is 1. The molecule has 2 amide bonds. The molecule has 0 radical (unpaired) electrons. The van der Waals surface area contributed by atoms with Gasteiger partial charge in [-0.3, -0.25) is 0 Å². The number of hydrogen-bond acceptors (Lipinski definition) is 5. The minimum Gasteiger partial charge on any atom is -0.503 e. The van der Waals surface area contributed by atoms with Gasteiger partial charge >= 0.3 is 12.0 Å². The Hall–Kier alpha value is -2.22. The van der Waals surface area contributed by atoms with Crippen LogP contribution in [0.2, 0.25) is 0 Å².